The molecule has 1 atom stereocenters. The van der Waals surface area contributed by atoms with E-state index < -0.39 is 19.2 Å². The van der Waals surface area contributed by atoms with Gasteiger partial charge in [0.05, 0.1) is 5.92 Å². The Bertz CT molecular complexity index is 453. The summed E-state index contributed by atoms with van der Waals surface area (Å²) in [6, 6.07) is 6.70. The van der Waals surface area contributed by atoms with Crippen LogP contribution >= 0.6 is 0 Å². The lowest BCUT2D eigenvalue weighted by Gasteiger charge is -2.34. The Hall–Kier alpha value is -1.05. The van der Waals surface area contributed by atoms with Crippen LogP contribution in [0.2, 0.25) is 0 Å². The Morgan fingerprint density at radius 2 is 1.95 bits per heavy atom. The summed E-state index contributed by atoms with van der Waals surface area (Å²) < 4.78 is 38.3. The number of likely N-dealkylation sites (tertiary alicyclic amines) is 1. The molecule has 1 saturated heterocycles. The summed E-state index contributed by atoms with van der Waals surface area (Å²) in [5, 5.41) is 18.5. The number of hydrogen-bond acceptors (Lipinski definition) is 3. The van der Waals surface area contributed by atoms with Crippen molar-refractivity contribution in [1.82, 2.24) is 4.90 Å². The smallest absolute Gasteiger partial charge is 0.423 e. The molecule has 2 N–H and O–H groups in total. The summed E-state index contributed by atoms with van der Waals surface area (Å²) in [5.41, 5.74) is 1.01. The molecule has 2 rings (SSSR count). The minimum atomic E-state index is -4.16. The number of halogens is 3. The maximum atomic E-state index is 12.8. The summed E-state index contributed by atoms with van der Waals surface area (Å²) in [6.07, 6.45) is -3.48. The van der Waals surface area contributed by atoms with E-state index in [2.05, 4.69) is 0 Å². The van der Waals surface area contributed by atoms with Gasteiger partial charge in [0.15, 0.2) is 0 Å². The molecule has 0 amide bonds. The van der Waals surface area contributed by atoms with Crippen molar-refractivity contribution in [3.05, 3.63) is 29.8 Å². The number of rotatable bonds is 3. The molecule has 0 bridgehead atoms. The monoisotopic (exact) mass is 287 g/mol. The first-order valence-electron chi connectivity index (χ1n) is 6.61. The first-order valence-corrected chi connectivity index (χ1v) is 6.61. The van der Waals surface area contributed by atoms with Gasteiger partial charge in [0.2, 0.25) is 0 Å². The largest absolute Gasteiger partial charge is 0.488 e. The fourth-order valence-electron chi connectivity index (χ4n) is 2.64. The predicted molar refractivity (Wildman–Crippen MR) is 70.3 cm³/mol. The van der Waals surface area contributed by atoms with Crippen LogP contribution in [-0.4, -0.2) is 41.3 Å². The molecule has 0 aromatic heterocycles. The van der Waals surface area contributed by atoms with Gasteiger partial charge in [-0.2, -0.15) is 13.2 Å². The Morgan fingerprint density at radius 1 is 1.25 bits per heavy atom. The van der Waals surface area contributed by atoms with Crippen molar-refractivity contribution in [3.8, 4) is 0 Å². The van der Waals surface area contributed by atoms with Gasteiger partial charge in [0.25, 0.3) is 0 Å². The van der Waals surface area contributed by atoms with Gasteiger partial charge in [-0.05, 0) is 30.4 Å². The fourth-order valence-corrected chi connectivity index (χ4v) is 2.64. The van der Waals surface area contributed by atoms with Crippen LogP contribution < -0.4 is 5.46 Å². The molecule has 1 aromatic rings. The summed E-state index contributed by atoms with van der Waals surface area (Å²) in [6.45, 7) is 0.877. The summed E-state index contributed by atoms with van der Waals surface area (Å²) in [7, 11) is -1.60. The lowest BCUT2D eigenvalue weighted by molar-refractivity contribution is -0.187. The minimum absolute atomic E-state index is 0.0284. The van der Waals surface area contributed by atoms with E-state index in [-0.39, 0.29) is 13.0 Å². The van der Waals surface area contributed by atoms with Crippen LogP contribution in [0.1, 0.15) is 18.4 Å². The number of nitrogens with zero attached hydrogens (tertiary/aromatic N) is 1. The van der Waals surface area contributed by atoms with E-state index in [9.17, 15) is 23.2 Å². The molecule has 0 saturated carbocycles. The molecule has 1 aromatic carbocycles. The van der Waals surface area contributed by atoms with Crippen molar-refractivity contribution in [2.24, 2.45) is 5.92 Å². The molecule has 20 heavy (non-hydrogen) atoms. The normalized spacial score (nSPS) is 20.9. The highest BCUT2D eigenvalue weighted by atomic mass is 19.4. The summed E-state index contributed by atoms with van der Waals surface area (Å²) in [5.74, 6) is -1.29. The third kappa shape index (κ3) is 3.74. The molecule has 1 heterocycles. The Morgan fingerprint density at radius 3 is 2.60 bits per heavy atom. The van der Waals surface area contributed by atoms with Gasteiger partial charge in [-0.3, -0.25) is 4.90 Å². The van der Waals surface area contributed by atoms with Crippen LogP contribution in [0.5, 0.6) is 0 Å². The third-order valence-electron chi connectivity index (χ3n) is 3.70. The van der Waals surface area contributed by atoms with Crippen molar-refractivity contribution < 1.29 is 23.2 Å². The minimum Gasteiger partial charge on any atom is -0.423 e. The quantitative estimate of drug-likeness (QED) is 0.819. The van der Waals surface area contributed by atoms with Crippen molar-refractivity contribution in [2.75, 3.05) is 13.1 Å². The molecule has 110 valence electrons. The first-order chi connectivity index (χ1) is 9.38. The predicted octanol–water partition coefficient (Wildman–Crippen LogP) is 1.14. The van der Waals surface area contributed by atoms with Gasteiger partial charge in [0, 0.05) is 13.1 Å². The molecule has 7 heteroatoms. The van der Waals surface area contributed by atoms with Crippen molar-refractivity contribution in [3.63, 3.8) is 0 Å². The zero-order chi connectivity index (χ0) is 14.8. The van der Waals surface area contributed by atoms with Crippen LogP contribution in [0.25, 0.3) is 0 Å². The van der Waals surface area contributed by atoms with Gasteiger partial charge in [-0.25, -0.2) is 0 Å². The van der Waals surface area contributed by atoms with Crippen LogP contribution in [0.3, 0.4) is 0 Å². The molecule has 1 aliphatic heterocycles. The molecule has 3 nitrogen and oxygen atoms in total. The van der Waals surface area contributed by atoms with Crippen LogP contribution in [0, 0.1) is 5.92 Å². The standard InChI is InChI=1S/C13H17BF3NO2/c15-13(16,17)11-5-3-7-18(9-11)8-10-4-1-2-6-12(10)14(19)20/h1-2,4,6,11,19-20H,3,5,7-9H2. The van der Waals surface area contributed by atoms with Gasteiger partial charge in [-0.15, -0.1) is 0 Å². The topological polar surface area (TPSA) is 43.7 Å². The van der Waals surface area contributed by atoms with Gasteiger partial charge in [-0.1, -0.05) is 24.3 Å². The zero-order valence-electron chi connectivity index (χ0n) is 11.0. The Labute approximate surface area is 116 Å². The zero-order valence-corrected chi connectivity index (χ0v) is 11.0. The van der Waals surface area contributed by atoms with Crippen LogP contribution in [-0.2, 0) is 6.54 Å². The molecular weight excluding hydrogens is 270 g/mol. The van der Waals surface area contributed by atoms with E-state index in [0.717, 1.165) is 0 Å². The van der Waals surface area contributed by atoms with Gasteiger partial charge >= 0.3 is 13.3 Å². The van der Waals surface area contributed by atoms with Crippen molar-refractivity contribution >= 4 is 12.6 Å². The third-order valence-corrected chi connectivity index (χ3v) is 3.70. The van der Waals surface area contributed by atoms with E-state index in [1.165, 1.54) is 0 Å². The average Bonchev–Trinajstić information content (AvgIpc) is 2.38. The molecular formula is C13H17BF3NO2. The van der Waals surface area contributed by atoms with Gasteiger partial charge in [0.1, 0.15) is 0 Å². The number of hydrogen-bond donors (Lipinski definition) is 2. The molecule has 1 aliphatic rings. The van der Waals surface area contributed by atoms with Gasteiger partial charge < -0.3 is 10.0 Å². The molecule has 0 radical (unpaired) electrons. The van der Waals surface area contributed by atoms with Crippen molar-refractivity contribution in [1.29, 1.82) is 0 Å². The highest BCUT2D eigenvalue weighted by Crippen LogP contribution is 2.33. The van der Waals surface area contributed by atoms with Crippen LogP contribution in [0.4, 0.5) is 13.2 Å². The molecule has 1 fully saturated rings. The van der Waals surface area contributed by atoms with Crippen LogP contribution in [0.15, 0.2) is 24.3 Å². The van der Waals surface area contributed by atoms with E-state index in [0.29, 0.717) is 30.5 Å². The molecule has 1 unspecified atom stereocenters. The van der Waals surface area contributed by atoms with Crippen molar-refractivity contribution in [2.45, 2.75) is 25.6 Å². The lowest BCUT2D eigenvalue weighted by Crippen LogP contribution is -2.43. The second kappa shape index (κ2) is 6.16. The number of alkyl halides is 3. The Kier molecular flexibility index (Phi) is 4.72. The second-order valence-corrected chi connectivity index (χ2v) is 5.19. The molecule has 0 spiro atoms. The molecule has 0 aliphatic carbocycles. The highest BCUT2D eigenvalue weighted by Gasteiger charge is 2.41. The summed E-state index contributed by atoms with van der Waals surface area (Å²) in [4.78, 5) is 1.73. The first kappa shape index (κ1) is 15.3. The van der Waals surface area contributed by atoms with E-state index in [1.807, 2.05) is 0 Å². The Balaban J connectivity index is 2.07. The highest BCUT2D eigenvalue weighted by molar-refractivity contribution is 6.59. The number of benzene rings is 1. The number of piperidine rings is 1. The summed E-state index contributed by atoms with van der Waals surface area (Å²) >= 11 is 0. The average molecular weight is 287 g/mol. The second-order valence-electron chi connectivity index (χ2n) is 5.19. The maximum Gasteiger partial charge on any atom is 0.488 e. The SMILES string of the molecule is OB(O)c1ccccc1CN1CCCC(C(F)(F)F)C1. The van der Waals surface area contributed by atoms with E-state index >= 15 is 0 Å². The van der Waals surface area contributed by atoms with E-state index in [1.54, 1.807) is 29.2 Å². The lowest BCUT2D eigenvalue weighted by atomic mass is 9.77. The van der Waals surface area contributed by atoms with E-state index in [4.69, 9.17) is 0 Å². The fraction of sp³-hybridized carbons (Fsp3) is 0.538. The maximum absolute atomic E-state index is 12.8.